The van der Waals surface area contributed by atoms with Crippen molar-refractivity contribution in [2.24, 2.45) is 29.6 Å². The molecule has 1 unspecified atom stereocenters. The minimum atomic E-state index is -1.93. The highest BCUT2D eigenvalue weighted by Gasteiger charge is 2.46. The molecule has 8 atom stereocenters. The number of hydrogen-bond acceptors (Lipinski definition) is 5. The van der Waals surface area contributed by atoms with Gasteiger partial charge >= 0.3 is 5.97 Å². The Balaban J connectivity index is 1.61. The molecule has 3 aliphatic rings. The summed E-state index contributed by atoms with van der Waals surface area (Å²) in [6.45, 7) is 13.5. The van der Waals surface area contributed by atoms with Crippen LogP contribution in [0.3, 0.4) is 0 Å². The molecule has 1 aliphatic heterocycles. The van der Waals surface area contributed by atoms with Gasteiger partial charge in [-0.05, 0) is 73.9 Å². The second kappa shape index (κ2) is 9.64. The van der Waals surface area contributed by atoms with E-state index in [1.165, 1.54) is 0 Å². The highest BCUT2D eigenvalue weighted by Crippen LogP contribution is 2.49. The molecule has 0 radical (unpaired) electrons. The fraction of sp³-hybridized carbons (Fsp3) is 0.920. The van der Waals surface area contributed by atoms with E-state index in [9.17, 15) is 14.7 Å². The maximum Gasteiger partial charge on any atom is 0.308 e. The van der Waals surface area contributed by atoms with Crippen LogP contribution in [0.4, 0.5) is 0 Å². The largest absolute Gasteiger partial charge is 0.462 e. The van der Waals surface area contributed by atoms with Crippen LogP contribution in [-0.4, -0.2) is 44.0 Å². The van der Waals surface area contributed by atoms with Gasteiger partial charge < -0.3 is 19.1 Å². The molecule has 31 heavy (non-hydrogen) atoms. The minimum absolute atomic E-state index is 0.0119. The predicted octanol–water partition coefficient (Wildman–Crippen LogP) is 5.11. The smallest absolute Gasteiger partial charge is 0.308 e. The zero-order valence-corrected chi connectivity index (χ0v) is 21.4. The van der Waals surface area contributed by atoms with Crippen LogP contribution in [0, 0.1) is 29.6 Å². The maximum atomic E-state index is 12.3. The predicted molar refractivity (Wildman–Crippen MR) is 124 cm³/mol. The van der Waals surface area contributed by atoms with E-state index in [1.807, 2.05) is 0 Å². The highest BCUT2D eigenvalue weighted by atomic mass is 28.4. The summed E-state index contributed by atoms with van der Waals surface area (Å²) in [5.41, 5.74) is 0. The number of aliphatic hydroxyl groups is 1. The van der Waals surface area contributed by atoms with Crippen molar-refractivity contribution in [1.29, 1.82) is 0 Å². The molecule has 3 rings (SSSR count). The average Bonchev–Trinajstić information content (AvgIpc) is 2.65. The lowest BCUT2D eigenvalue weighted by atomic mass is 9.58. The first-order valence-corrected chi connectivity index (χ1v) is 15.3. The van der Waals surface area contributed by atoms with E-state index < -0.39 is 8.32 Å². The van der Waals surface area contributed by atoms with Crippen LogP contribution in [-0.2, 0) is 18.8 Å². The van der Waals surface area contributed by atoms with Crippen molar-refractivity contribution in [3.05, 3.63) is 0 Å². The van der Waals surface area contributed by atoms with Crippen LogP contribution in [0.1, 0.15) is 79.1 Å². The van der Waals surface area contributed by atoms with Crippen LogP contribution < -0.4 is 0 Å². The topological polar surface area (TPSA) is 72.8 Å². The number of fused-ring (bicyclic) bond motifs is 1. The van der Waals surface area contributed by atoms with Crippen LogP contribution in [0.25, 0.3) is 0 Å². The summed E-state index contributed by atoms with van der Waals surface area (Å²) < 4.78 is 12.3. The molecule has 0 aromatic rings. The summed E-state index contributed by atoms with van der Waals surface area (Å²) >= 11 is 0. The van der Waals surface area contributed by atoms with E-state index in [0.29, 0.717) is 30.6 Å². The fourth-order valence-electron chi connectivity index (χ4n) is 6.11. The molecule has 2 saturated carbocycles. The van der Waals surface area contributed by atoms with Crippen molar-refractivity contribution in [2.75, 3.05) is 0 Å². The van der Waals surface area contributed by atoms with Crippen molar-refractivity contribution >= 4 is 20.6 Å². The Bertz CT molecular complexity index is 642. The lowest BCUT2D eigenvalue weighted by molar-refractivity contribution is -0.160. The fourth-order valence-corrected chi connectivity index (χ4v) is 7.48. The van der Waals surface area contributed by atoms with Gasteiger partial charge in [0.2, 0.25) is 0 Å². The molecule has 178 valence electrons. The third-order valence-electron chi connectivity index (χ3n) is 8.86. The summed E-state index contributed by atoms with van der Waals surface area (Å²) in [6.07, 6.45) is 7.27. The monoisotopic (exact) mass is 452 g/mol. The van der Waals surface area contributed by atoms with E-state index in [4.69, 9.17) is 9.16 Å². The molecule has 6 heteroatoms. The number of ether oxygens (including phenoxy) is 1. The van der Waals surface area contributed by atoms with Gasteiger partial charge in [0.15, 0.2) is 8.32 Å². The number of aliphatic hydroxyl groups excluding tert-OH is 1. The SMILES string of the molecule is C[C@H]1CC[C@H]2C[C@H](C=O)CC(O)[C@@H]2[C@H]1CC[C@@H]1C[C@@H](O[Si](C)(C)C(C)(C)C)CC(=O)O1. The average molecular weight is 453 g/mol. The molecule has 0 bridgehead atoms. The summed E-state index contributed by atoms with van der Waals surface area (Å²) in [7, 11) is -1.93. The Kier molecular flexibility index (Phi) is 7.75. The molecule has 1 heterocycles. The second-order valence-corrected chi connectivity index (χ2v) is 16.9. The highest BCUT2D eigenvalue weighted by molar-refractivity contribution is 6.74. The number of hydrogen-bond donors (Lipinski definition) is 1. The van der Waals surface area contributed by atoms with Gasteiger partial charge in [-0.15, -0.1) is 0 Å². The van der Waals surface area contributed by atoms with Crippen LogP contribution in [0.2, 0.25) is 18.1 Å². The van der Waals surface area contributed by atoms with Crippen molar-refractivity contribution in [1.82, 2.24) is 0 Å². The third-order valence-corrected chi connectivity index (χ3v) is 13.4. The number of rotatable bonds is 6. The maximum absolute atomic E-state index is 12.3. The van der Waals surface area contributed by atoms with Crippen molar-refractivity contribution < 1.29 is 23.9 Å². The molecular weight excluding hydrogens is 408 g/mol. The second-order valence-electron chi connectivity index (χ2n) is 12.1. The van der Waals surface area contributed by atoms with Crippen LogP contribution in [0.15, 0.2) is 0 Å². The lowest BCUT2D eigenvalue weighted by Gasteiger charge is -2.49. The number of carbonyl (C=O) groups is 2. The summed E-state index contributed by atoms with van der Waals surface area (Å²) in [4.78, 5) is 23.6. The van der Waals surface area contributed by atoms with E-state index in [2.05, 4.69) is 40.8 Å². The molecule has 1 N–H and O–H groups in total. The van der Waals surface area contributed by atoms with Gasteiger partial charge in [0.05, 0.1) is 18.6 Å². The Morgan fingerprint density at radius 1 is 1.16 bits per heavy atom. The van der Waals surface area contributed by atoms with Gasteiger partial charge in [-0.3, -0.25) is 4.79 Å². The Labute approximate surface area is 189 Å². The standard InChI is InChI=1S/C25H44O5Si/c1-16-7-8-18-11-17(15-26)12-22(27)24(18)21(16)10-9-19-13-20(14-23(28)29-19)30-31(5,6)25(2,3)4/h15-22,24,27H,7-14H2,1-6H3/t16-,17-,18-,19+,20+,21-,22?,24-/m0/s1. The molecule has 5 nitrogen and oxygen atoms in total. The zero-order chi connectivity index (χ0) is 23.0. The zero-order valence-electron chi connectivity index (χ0n) is 20.4. The van der Waals surface area contributed by atoms with E-state index in [1.54, 1.807) is 0 Å². The van der Waals surface area contributed by atoms with E-state index in [-0.39, 0.29) is 41.2 Å². The number of aldehydes is 1. The minimum Gasteiger partial charge on any atom is -0.462 e. The first kappa shape index (κ1) is 24.9. The number of esters is 1. The molecule has 0 spiro atoms. The molecule has 0 aromatic heterocycles. The van der Waals surface area contributed by atoms with E-state index in [0.717, 1.165) is 44.8 Å². The van der Waals surface area contributed by atoms with Gasteiger partial charge in [0, 0.05) is 12.3 Å². The first-order valence-electron chi connectivity index (χ1n) is 12.4. The van der Waals surface area contributed by atoms with Gasteiger partial charge in [-0.1, -0.05) is 34.1 Å². The van der Waals surface area contributed by atoms with Crippen molar-refractivity contribution in [2.45, 2.75) is 116 Å². The Morgan fingerprint density at radius 2 is 1.87 bits per heavy atom. The van der Waals surface area contributed by atoms with Crippen molar-refractivity contribution in [3.8, 4) is 0 Å². The van der Waals surface area contributed by atoms with E-state index >= 15 is 0 Å². The summed E-state index contributed by atoms with van der Waals surface area (Å²) in [6, 6.07) is 0. The van der Waals surface area contributed by atoms with Crippen LogP contribution in [0.5, 0.6) is 0 Å². The van der Waals surface area contributed by atoms with Gasteiger partial charge in [-0.2, -0.15) is 0 Å². The number of carbonyl (C=O) groups excluding carboxylic acids is 2. The van der Waals surface area contributed by atoms with Crippen molar-refractivity contribution in [3.63, 3.8) is 0 Å². The quantitative estimate of drug-likeness (QED) is 0.344. The molecular formula is C25H44O5Si. The van der Waals surface area contributed by atoms with Crippen LogP contribution >= 0.6 is 0 Å². The normalized spacial score (nSPS) is 39.5. The lowest BCUT2D eigenvalue weighted by Crippen LogP contribution is -2.48. The number of cyclic esters (lactones) is 1. The molecule has 0 aromatic carbocycles. The Morgan fingerprint density at radius 3 is 2.52 bits per heavy atom. The molecule has 1 saturated heterocycles. The Hall–Kier alpha value is -0.723. The molecule has 2 aliphatic carbocycles. The first-order chi connectivity index (χ1) is 14.4. The van der Waals surface area contributed by atoms with Gasteiger partial charge in [0.25, 0.3) is 0 Å². The van der Waals surface area contributed by atoms with Gasteiger partial charge in [0.1, 0.15) is 12.4 Å². The molecule has 3 fully saturated rings. The summed E-state index contributed by atoms with van der Waals surface area (Å²) in [5, 5.41) is 11.0. The third kappa shape index (κ3) is 5.80. The van der Waals surface area contributed by atoms with Gasteiger partial charge in [-0.25, -0.2) is 0 Å². The molecule has 0 amide bonds. The summed E-state index contributed by atoms with van der Waals surface area (Å²) in [5.74, 6) is 1.59.